The van der Waals surface area contributed by atoms with Crippen molar-refractivity contribution in [2.75, 3.05) is 7.11 Å². The van der Waals surface area contributed by atoms with E-state index in [9.17, 15) is 8.42 Å². The Labute approximate surface area is 101 Å². The van der Waals surface area contributed by atoms with Crippen molar-refractivity contribution in [1.82, 2.24) is 4.72 Å². The number of hydrogen-bond donors (Lipinski definition) is 1. The molecule has 17 heavy (non-hydrogen) atoms. The van der Waals surface area contributed by atoms with Gasteiger partial charge in [-0.15, -0.1) is 0 Å². The van der Waals surface area contributed by atoms with Gasteiger partial charge in [0, 0.05) is 0 Å². The van der Waals surface area contributed by atoms with Gasteiger partial charge in [0.15, 0.2) is 0 Å². The number of ether oxygens (including phenoxy) is 1. The van der Waals surface area contributed by atoms with Crippen LogP contribution >= 0.6 is 0 Å². The van der Waals surface area contributed by atoms with Crippen molar-refractivity contribution in [3.63, 3.8) is 0 Å². The van der Waals surface area contributed by atoms with Crippen molar-refractivity contribution in [3.05, 3.63) is 24.3 Å². The molecule has 92 valence electrons. The SMILES string of the molecule is COc1ccc(S(=O)(=O)NC(C)(C)C#N)cc1. The average molecular weight is 254 g/mol. The molecule has 1 aromatic rings. The van der Waals surface area contributed by atoms with Gasteiger partial charge in [-0.2, -0.15) is 9.98 Å². The van der Waals surface area contributed by atoms with Crippen molar-refractivity contribution < 1.29 is 13.2 Å². The number of nitrogens with zero attached hydrogens (tertiary/aromatic N) is 1. The molecular formula is C11H14N2O3S. The average Bonchev–Trinajstić information content (AvgIpc) is 2.28. The summed E-state index contributed by atoms with van der Waals surface area (Å²) < 4.78 is 31.0. The van der Waals surface area contributed by atoms with Crippen LogP contribution in [0.2, 0.25) is 0 Å². The fourth-order valence-electron chi connectivity index (χ4n) is 1.17. The molecular weight excluding hydrogens is 240 g/mol. The number of rotatable bonds is 4. The third kappa shape index (κ3) is 3.44. The van der Waals surface area contributed by atoms with Gasteiger partial charge in [-0.1, -0.05) is 0 Å². The van der Waals surface area contributed by atoms with Crippen LogP contribution in [0.3, 0.4) is 0 Å². The number of nitrogens with one attached hydrogen (secondary N) is 1. The summed E-state index contributed by atoms with van der Waals surface area (Å²) in [7, 11) is -2.18. The molecule has 1 aromatic carbocycles. The van der Waals surface area contributed by atoms with Gasteiger partial charge < -0.3 is 4.74 Å². The smallest absolute Gasteiger partial charge is 0.241 e. The summed E-state index contributed by atoms with van der Waals surface area (Å²) in [5, 5.41) is 8.79. The maximum atomic E-state index is 11.9. The summed E-state index contributed by atoms with van der Waals surface area (Å²) in [6.45, 7) is 2.99. The van der Waals surface area contributed by atoms with Crippen LogP contribution in [0.15, 0.2) is 29.2 Å². The van der Waals surface area contributed by atoms with E-state index >= 15 is 0 Å². The van der Waals surface area contributed by atoms with Crippen molar-refractivity contribution in [2.45, 2.75) is 24.3 Å². The summed E-state index contributed by atoms with van der Waals surface area (Å²) in [5.74, 6) is 0.573. The van der Waals surface area contributed by atoms with Gasteiger partial charge in [0.2, 0.25) is 10.0 Å². The lowest BCUT2D eigenvalue weighted by molar-refractivity contribution is 0.414. The highest BCUT2D eigenvalue weighted by molar-refractivity contribution is 7.89. The first-order valence-electron chi connectivity index (χ1n) is 4.90. The Kier molecular flexibility index (Phi) is 3.76. The quantitative estimate of drug-likeness (QED) is 0.877. The minimum Gasteiger partial charge on any atom is -0.497 e. The Morgan fingerprint density at radius 1 is 1.29 bits per heavy atom. The summed E-state index contributed by atoms with van der Waals surface area (Å²) in [5.41, 5.74) is -1.14. The largest absolute Gasteiger partial charge is 0.497 e. The number of benzene rings is 1. The van der Waals surface area contributed by atoms with E-state index in [1.807, 2.05) is 6.07 Å². The van der Waals surface area contributed by atoms with Gasteiger partial charge in [-0.05, 0) is 38.1 Å². The van der Waals surface area contributed by atoms with E-state index in [4.69, 9.17) is 10.00 Å². The standard InChI is InChI=1S/C11H14N2O3S/c1-11(2,8-12)13-17(14,15)10-6-4-9(16-3)5-7-10/h4-7,13H,1-3H3. The molecule has 0 aliphatic carbocycles. The molecule has 0 fully saturated rings. The van der Waals surface area contributed by atoms with Crippen LogP contribution < -0.4 is 9.46 Å². The third-order valence-electron chi connectivity index (χ3n) is 2.04. The summed E-state index contributed by atoms with van der Waals surface area (Å²) >= 11 is 0. The maximum absolute atomic E-state index is 11.9. The van der Waals surface area contributed by atoms with E-state index in [-0.39, 0.29) is 4.90 Å². The van der Waals surface area contributed by atoms with E-state index in [2.05, 4.69) is 4.72 Å². The molecule has 0 bridgehead atoms. The zero-order chi connectivity index (χ0) is 13.1. The van der Waals surface area contributed by atoms with Gasteiger partial charge in [0.25, 0.3) is 0 Å². The first-order chi connectivity index (χ1) is 7.80. The summed E-state index contributed by atoms with van der Waals surface area (Å²) in [6, 6.07) is 7.82. The zero-order valence-corrected chi connectivity index (χ0v) is 10.7. The number of nitriles is 1. The molecule has 0 atom stereocenters. The Balaban J connectivity index is 3.02. The van der Waals surface area contributed by atoms with Crippen molar-refractivity contribution in [3.8, 4) is 11.8 Å². The molecule has 0 amide bonds. The van der Waals surface area contributed by atoms with Crippen LogP contribution in [-0.2, 0) is 10.0 Å². The van der Waals surface area contributed by atoms with E-state index in [0.717, 1.165) is 0 Å². The second-order valence-electron chi connectivity index (χ2n) is 4.02. The van der Waals surface area contributed by atoms with Crippen molar-refractivity contribution in [2.24, 2.45) is 0 Å². The first-order valence-corrected chi connectivity index (χ1v) is 6.38. The summed E-state index contributed by atoms with van der Waals surface area (Å²) in [6.07, 6.45) is 0. The molecule has 0 saturated heterocycles. The lowest BCUT2D eigenvalue weighted by Crippen LogP contribution is -2.41. The minimum absolute atomic E-state index is 0.0987. The lowest BCUT2D eigenvalue weighted by Gasteiger charge is -2.17. The van der Waals surface area contributed by atoms with Crippen LogP contribution in [0.4, 0.5) is 0 Å². The Bertz CT molecular complexity index is 527. The summed E-state index contributed by atoms with van der Waals surface area (Å²) in [4.78, 5) is 0.0987. The highest BCUT2D eigenvalue weighted by Crippen LogP contribution is 2.17. The minimum atomic E-state index is -3.68. The molecule has 0 spiro atoms. The first kappa shape index (κ1) is 13.5. The van der Waals surface area contributed by atoms with Gasteiger partial charge in [-0.25, -0.2) is 8.42 Å². The predicted octanol–water partition coefficient (Wildman–Crippen LogP) is 1.28. The van der Waals surface area contributed by atoms with E-state index in [1.54, 1.807) is 12.1 Å². The third-order valence-corrected chi connectivity index (χ3v) is 3.71. The highest BCUT2D eigenvalue weighted by atomic mass is 32.2. The molecule has 1 rings (SSSR count). The maximum Gasteiger partial charge on any atom is 0.241 e. The predicted molar refractivity (Wildman–Crippen MR) is 63.0 cm³/mol. The monoisotopic (exact) mass is 254 g/mol. The van der Waals surface area contributed by atoms with Gasteiger partial charge in [-0.3, -0.25) is 0 Å². The molecule has 1 N–H and O–H groups in total. The molecule has 0 radical (unpaired) electrons. The van der Waals surface area contributed by atoms with Gasteiger partial charge in [0.1, 0.15) is 11.3 Å². The molecule has 5 nitrogen and oxygen atoms in total. The molecule has 6 heteroatoms. The van der Waals surface area contributed by atoms with E-state index < -0.39 is 15.6 Å². The number of hydrogen-bond acceptors (Lipinski definition) is 4. The highest BCUT2D eigenvalue weighted by Gasteiger charge is 2.25. The van der Waals surface area contributed by atoms with Gasteiger partial charge in [0.05, 0.1) is 18.1 Å². The Morgan fingerprint density at radius 3 is 2.24 bits per heavy atom. The topological polar surface area (TPSA) is 79.2 Å². The second-order valence-corrected chi connectivity index (χ2v) is 5.70. The lowest BCUT2D eigenvalue weighted by atomic mass is 10.1. The molecule has 0 unspecified atom stereocenters. The van der Waals surface area contributed by atoms with E-state index in [0.29, 0.717) is 5.75 Å². The molecule has 0 saturated carbocycles. The second kappa shape index (κ2) is 4.73. The number of sulfonamides is 1. The van der Waals surface area contributed by atoms with Crippen LogP contribution in [0.5, 0.6) is 5.75 Å². The van der Waals surface area contributed by atoms with Crippen molar-refractivity contribution >= 4 is 10.0 Å². The Hall–Kier alpha value is -1.58. The van der Waals surface area contributed by atoms with Crippen LogP contribution in [-0.4, -0.2) is 21.1 Å². The fourth-order valence-corrected chi connectivity index (χ4v) is 2.50. The van der Waals surface area contributed by atoms with E-state index in [1.165, 1.54) is 33.1 Å². The normalized spacial score (nSPS) is 11.9. The molecule has 0 aromatic heterocycles. The van der Waals surface area contributed by atoms with Crippen molar-refractivity contribution in [1.29, 1.82) is 5.26 Å². The fraction of sp³-hybridized carbons (Fsp3) is 0.364. The molecule has 0 aliphatic heterocycles. The zero-order valence-electron chi connectivity index (χ0n) is 9.89. The Morgan fingerprint density at radius 2 is 1.82 bits per heavy atom. The number of methoxy groups -OCH3 is 1. The van der Waals surface area contributed by atoms with Crippen LogP contribution in [0.25, 0.3) is 0 Å². The van der Waals surface area contributed by atoms with Gasteiger partial charge >= 0.3 is 0 Å². The molecule has 0 heterocycles. The van der Waals surface area contributed by atoms with Crippen LogP contribution in [0.1, 0.15) is 13.8 Å². The van der Waals surface area contributed by atoms with Crippen LogP contribution in [0, 0.1) is 11.3 Å². The molecule has 0 aliphatic rings.